The van der Waals surface area contributed by atoms with Crippen LogP contribution in [0.25, 0.3) is 0 Å². The molecule has 0 aliphatic heterocycles. The Morgan fingerprint density at radius 3 is 2.11 bits per heavy atom. The van der Waals surface area contributed by atoms with Crippen LogP contribution < -0.4 is 10.0 Å². The van der Waals surface area contributed by atoms with E-state index in [0.29, 0.717) is 11.4 Å². The molecule has 0 fully saturated rings. The van der Waals surface area contributed by atoms with Crippen molar-refractivity contribution in [2.75, 3.05) is 18.6 Å². The van der Waals surface area contributed by atoms with Crippen molar-refractivity contribution >= 4 is 42.9 Å². The van der Waals surface area contributed by atoms with Crippen molar-refractivity contribution < 1.29 is 16.8 Å². The van der Waals surface area contributed by atoms with Gasteiger partial charge in [-0.05, 0) is 45.4 Å². The smallest absolute Gasteiger partial charge is 0.286 e. The van der Waals surface area contributed by atoms with Gasteiger partial charge >= 0.3 is 0 Å². The fourth-order valence-electron chi connectivity index (χ4n) is 2.14. The summed E-state index contributed by atoms with van der Waals surface area (Å²) in [6, 6.07) is 7.03. The number of amidine groups is 1. The van der Waals surface area contributed by atoms with Gasteiger partial charge in [0.05, 0.1) is 0 Å². The summed E-state index contributed by atoms with van der Waals surface area (Å²) in [7, 11) is -7.08. The highest BCUT2D eigenvalue weighted by Gasteiger charge is 2.25. The van der Waals surface area contributed by atoms with Crippen molar-refractivity contribution in [1.82, 2.24) is 14.7 Å². The normalized spacial score (nSPS) is 12.8. The zero-order chi connectivity index (χ0) is 20.2. The standard InChI is InChI=1S/C15H19N5O4S3/c1-10-9-11(2)18-14(17-10)19-15(25-4)20-27(23,24)13-8-6-5-7-12(13)26(21,22)16-3/h5-9,16H,1-4H3,(H,17,18,19,20). The molecule has 27 heavy (non-hydrogen) atoms. The van der Waals surface area contributed by atoms with E-state index in [4.69, 9.17) is 0 Å². The summed E-state index contributed by atoms with van der Waals surface area (Å²) in [6.07, 6.45) is 1.63. The lowest BCUT2D eigenvalue weighted by molar-refractivity contribution is 0.578. The maximum absolute atomic E-state index is 12.7. The summed E-state index contributed by atoms with van der Waals surface area (Å²) in [5, 5.41) is 2.77. The minimum atomic E-state index is -4.31. The van der Waals surface area contributed by atoms with Gasteiger partial charge in [0.15, 0.2) is 5.17 Å². The molecule has 2 rings (SSSR count). The first-order valence-corrected chi connectivity index (χ1v) is 11.7. The van der Waals surface area contributed by atoms with Gasteiger partial charge in [-0.2, -0.15) is 8.42 Å². The van der Waals surface area contributed by atoms with Crippen LogP contribution in [0.2, 0.25) is 0 Å². The first-order chi connectivity index (χ1) is 12.6. The van der Waals surface area contributed by atoms with Gasteiger partial charge in [-0.15, -0.1) is 4.40 Å². The van der Waals surface area contributed by atoms with Crippen LogP contribution in [0.15, 0.2) is 44.5 Å². The second-order valence-electron chi connectivity index (χ2n) is 5.33. The third-order valence-electron chi connectivity index (χ3n) is 3.28. The number of hydrogen-bond acceptors (Lipinski definition) is 7. The van der Waals surface area contributed by atoms with E-state index in [1.165, 1.54) is 31.3 Å². The van der Waals surface area contributed by atoms with E-state index in [2.05, 4.69) is 24.4 Å². The van der Waals surface area contributed by atoms with Crippen molar-refractivity contribution in [2.24, 2.45) is 4.40 Å². The lowest BCUT2D eigenvalue weighted by Gasteiger charge is -2.10. The third kappa shape index (κ3) is 5.25. The van der Waals surface area contributed by atoms with Crippen LogP contribution in [0.5, 0.6) is 0 Å². The van der Waals surface area contributed by atoms with Gasteiger partial charge in [-0.25, -0.2) is 23.1 Å². The molecule has 0 radical (unpaired) electrons. The third-order valence-corrected chi connectivity index (χ3v) is 6.91. The Labute approximate surface area is 162 Å². The minimum absolute atomic E-state index is 0.0108. The summed E-state index contributed by atoms with van der Waals surface area (Å²) >= 11 is 1.03. The zero-order valence-electron chi connectivity index (χ0n) is 15.1. The second-order valence-corrected chi connectivity index (χ2v) is 9.55. The summed E-state index contributed by atoms with van der Waals surface area (Å²) in [6.45, 7) is 3.57. The molecular formula is C15H19N5O4S3. The molecule has 0 spiro atoms. The fourth-order valence-corrected chi connectivity index (χ4v) is 5.32. The van der Waals surface area contributed by atoms with Gasteiger partial charge in [0.2, 0.25) is 16.0 Å². The average Bonchev–Trinajstić information content (AvgIpc) is 2.60. The van der Waals surface area contributed by atoms with E-state index in [1.807, 2.05) is 0 Å². The number of sulfonamides is 2. The molecule has 1 heterocycles. The fraction of sp³-hybridized carbons (Fsp3) is 0.267. The Bertz CT molecular complexity index is 1060. The summed E-state index contributed by atoms with van der Waals surface area (Å²) < 4.78 is 55.6. The van der Waals surface area contributed by atoms with Crippen molar-refractivity contribution in [1.29, 1.82) is 0 Å². The van der Waals surface area contributed by atoms with E-state index in [9.17, 15) is 16.8 Å². The molecular weight excluding hydrogens is 410 g/mol. The SMILES string of the molecule is CNS(=O)(=O)c1ccccc1S(=O)(=O)N=C(Nc1nc(C)cc(C)n1)SC. The minimum Gasteiger partial charge on any atom is -0.303 e. The van der Waals surface area contributed by atoms with Crippen LogP contribution >= 0.6 is 11.8 Å². The monoisotopic (exact) mass is 429 g/mol. The van der Waals surface area contributed by atoms with E-state index >= 15 is 0 Å². The van der Waals surface area contributed by atoms with Crippen LogP contribution in [0.1, 0.15) is 11.4 Å². The maximum atomic E-state index is 12.7. The van der Waals surface area contributed by atoms with E-state index < -0.39 is 24.9 Å². The first kappa shape index (κ1) is 21.3. The number of nitrogens with zero attached hydrogens (tertiary/aromatic N) is 3. The lowest BCUT2D eigenvalue weighted by Crippen LogP contribution is -2.21. The lowest BCUT2D eigenvalue weighted by atomic mass is 10.4. The van der Waals surface area contributed by atoms with Crippen LogP contribution in [0, 0.1) is 13.8 Å². The van der Waals surface area contributed by atoms with Crippen molar-refractivity contribution in [2.45, 2.75) is 23.6 Å². The Morgan fingerprint density at radius 2 is 1.59 bits per heavy atom. The van der Waals surface area contributed by atoms with E-state index in [0.717, 1.165) is 11.8 Å². The highest BCUT2D eigenvalue weighted by atomic mass is 32.2. The molecule has 146 valence electrons. The molecule has 0 bridgehead atoms. The Balaban J connectivity index is 2.49. The predicted molar refractivity (Wildman–Crippen MR) is 106 cm³/mol. The van der Waals surface area contributed by atoms with Crippen LogP contribution in [-0.2, 0) is 20.0 Å². The van der Waals surface area contributed by atoms with Gasteiger partial charge < -0.3 is 5.32 Å². The summed E-state index contributed by atoms with van der Waals surface area (Å²) in [5.74, 6) is 0.201. The Morgan fingerprint density at radius 1 is 1.04 bits per heavy atom. The number of rotatable bonds is 5. The second kappa shape index (κ2) is 8.33. The van der Waals surface area contributed by atoms with Gasteiger partial charge in [0, 0.05) is 11.4 Å². The molecule has 0 saturated carbocycles. The summed E-state index contributed by atoms with van der Waals surface area (Å²) in [4.78, 5) is 7.56. The molecule has 0 saturated heterocycles. The molecule has 0 unspecified atom stereocenters. The first-order valence-electron chi connectivity index (χ1n) is 7.60. The number of anilines is 1. The molecule has 0 amide bonds. The molecule has 0 aliphatic carbocycles. The Kier molecular flexibility index (Phi) is 6.57. The maximum Gasteiger partial charge on any atom is 0.286 e. The number of thioether (sulfide) groups is 1. The van der Waals surface area contributed by atoms with Crippen LogP contribution in [0.4, 0.5) is 5.95 Å². The number of aromatic nitrogens is 2. The number of aryl methyl sites for hydroxylation is 2. The van der Waals surface area contributed by atoms with Gasteiger partial charge in [0.1, 0.15) is 9.79 Å². The zero-order valence-corrected chi connectivity index (χ0v) is 17.5. The van der Waals surface area contributed by atoms with Crippen LogP contribution in [0.3, 0.4) is 0 Å². The quantitative estimate of drug-likeness (QED) is 0.540. The number of hydrogen-bond donors (Lipinski definition) is 2. The number of nitrogens with one attached hydrogen (secondary N) is 2. The number of benzene rings is 1. The molecule has 1 aromatic carbocycles. The van der Waals surface area contributed by atoms with Gasteiger partial charge in [-0.3, -0.25) is 0 Å². The molecule has 0 atom stereocenters. The Hall–Kier alpha value is -2.02. The van der Waals surface area contributed by atoms with Crippen molar-refractivity contribution in [3.63, 3.8) is 0 Å². The van der Waals surface area contributed by atoms with E-state index in [1.54, 1.807) is 26.2 Å². The molecule has 1 aromatic heterocycles. The topological polar surface area (TPSA) is 130 Å². The largest absolute Gasteiger partial charge is 0.303 e. The molecule has 9 nitrogen and oxygen atoms in total. The van der Waals surface area contributed by atoms with E-state index in [-0.39, 0.29) is 16.0 Å². The molecule has 2 N–H and O–H groups in total. The van der Waals surface area contributed by atoms with Crippen molar-refractivity contribution in [3.05, 3.63) is 41.7 Å². The average molecular weight is 430 g/mol. The molecule has 2 aromatic rings. The summed E-state index contributed by atoms with van der Waals surface area (Å²) in [5.41, 5.74) is 1.41. The predicted octanol–water partition coefficient (Wildman–Crippen LogP) is 1.52. The molecule has 12 heteroatoms. The van der Waals surface area contributed by atoms with Gasteiger partial charge in [-0.1, -0.05) is 23.9 Å². The highest BCUT2D eigenvalue weighted by molar-refractivity contribution is 8.14. The van der Waals surface area contributed by atoms with Crippen molar-refractivity contribution in [3.8, 4) is 0 Å². The molecule has 0 aliphatic rings. The van der Waals surface area contributed by atoms with Gasteiger partial charge in [0.25, 0.3) is 10.0 Å². The highest BCUT2D eigenvalue weighted by Crippen LogP contribution is 2.23. The van der Waals surface area contributed by atoms with Crippen LogP contribution in [-0.4, -0.2) is 45.3 Å².